The van der Waals surface area contributed by atoms with Crippen LogP contribution >= 0.6 is 46.6 Å². The van der Waals surface area contributed by atoms with Crippen molar-refractivity contribution in [3.8, 4) is 5.75 Å². The lowest BCUT2D eigenvalue weighted by Crippen LogP contribution is -2.14. The average molecular weight is 496 g/mol. The number of benzene rings is 3. The largest absolute Gasteiger partial charge is 0.495 e. The third kappa shape index (κ3) is 6.55. The Bertz CT molecular complexity index is 1110. The first-order valence-electron chi connectivity index (χ1n) is 8.98. The van der Waals surface area contributed by atoms with E-state index < -0.39 is 0 Å². The molecule has 160 valence electrons. The van der Waals surface area contributed by atoms with E-state index in [4.69, 9.17) is 39.5 Å². The van der Waals surface area contributed by atoms with E-state index in [-0.39, 0.29) is 22.6 Å². The number of methoxy groups -OCH3 is 1. The van der Waals surface area contributed by atoms with Crippen LogP contribution in [0.25, 0.3) is 0 Å². The molecule has 0 aliphatic carbocycles. The molecule has 5 nitrogen and oxygen atoms in total. The summed E-state index contributed by atoms with van der Waals surface area (Å²) in [5, 5.41) is 6.81. The predicted octanol–water partition coefficient (Wildman–Crippen LogP) is 6.64. The van der Waals surface area contributed by atoms with Crippen molar-refractivity contribution in [2.45, 2.75) is 4.90 Å². The van der Waals surface area contributed by atoms with E-state index >= 15 is 0 Å². The number of hydrogen-bond acceptors (Lipinski definition) is 4. The fourth-order valence-electron chi connectivity index (χ4n) is 2.62. The Hall–Kier alpha value is -2.38. The summed E-state index contributed by atoms with van der Waals surface area (Å²) < 4.78 is 5.22. The van der Waals surface area contributed by atoms with E-state index in [1.54, 1.807) is 42.5 Å². The smallest absolute Gasteiger partial charge is 0.257 e. The molecule has 31 heavy (non-hydrogen) atoms. The second kappa shape index (κ2) is 10.8. The summed E-state index contributed by atoms with van der Waals surface area (Å²) in [6.45, 7) is 0. The van der Waals surface area contributed by atoms with Gasteiger partial charge in [0.2, 0.25) is 5.91 Å². The number of hydrogen-bond donors (Lipinski definition) is 2. The van der Waals surface area contributed by atoms with Crippen LogP contribution in [0.2, 0.25) is 15.1 Å². The van der Waals surface area contributed by atoms with Crippen molar-refractivity contribution < 1.29 is 14.3 Å². The Morgan fingerprint density at radius 3 is 2.26 bits per heavy atom. The van der Waals surface area contributed by atoms with Gasteiger partial charge in [-0.1, -0.05) is 34.8 Å². The molecule has 9 heteroatoms. The van der Waals surface area contributed by atoms with Crippen molar-refractivity contribution in [3.05, 3.63) is 81.3 Å². The van der Waals surface area contributed by atoms with Crippen molar-refractivity contribution in [2.75, 3.05) is 23.5 Å². The van der Waals surface area contributed by atoms with Crippen LogP contribution in [0.4, 0.5) is 11.4 Å². The summed E-state index contributed by atoms with van der Waals surface area (Å²) in [6, 6.07) is 16.8. The van der Waals surface area contributed by atoms with Crippen molar-refractivity contribution in [3.63, 3.8) is 0 Å². The van der Waals surface area contributed by atoms with Gasteiger partial charge in [0, 0.05) is 20.6 Å². The predicted molar refractivity (Wildman–Crippen MR) is 128 cm³/mol. The Morgan fingerprint density at radius 1 is 0.903 bits per heavy atom. The van der Waals surface area contributed by atoms with Gasteiger partial charge in [0.1, 0.15) is 5.75 Å². The molecule has 0 aromatic heterocycles. The summed E-state index contributed by atoms with van der Waals surface area (Å²) in [4.78, 5) is 25.5. The maximum Gasteiger partial charge on any atom is 0.257 e. The first-order valence-corrected chi connectivity index (χ1v) is 11.1. The van der Waals surface area contributed by atoms with Gasteiger partial charge in [-0.2, -0.15) is 0 Å². The lowest BCUT2D eigenvalue weighted by molar-refractivity contribution is -0.113. The fourth-order valence-corrected chi connectivity index (χ4v) is 3.98. The van der Waals surface area contributed by atoms with E-state index in [9.17, 15) is 9.59 Å². The number of ether oxygens (including phenoxy) is 1. The summed E-state index contributed by atoms with van der Waals surface area (Å²) in [5.74, 6) is 0.197. The molecule has 0 unspecified atom stereocenters. The molecule has 0 heterocycles. The number of thioether (sulfide) groups is 1. The molecule has 0 radical (unpaired) electrons. The molecule has 0 fully saturated rings. The van der Waals surface area contributed by atoms with Gasteiger partial charge in [-0.25, -0.2) is 0 Å². The van der Waals surface area contributed by atoms with E-state index in [0.717, 1.165) is 4.90 Å². The number of amides is 2. The van der Waals surface area contributed by atoms with Gasteiger partial charge >= 0.3 is 0 Å². The number of anilines is 2. The molecule has 0 saturated heterocycles. The second-order valence-corrected chi connectivity index (χ2v) is 8.61. The van der Waals surface area contributed by atoms with Crippen LogP contribution in [0.3, 0.4) is 0 Å². The number of carbonyl (C=O) groups is 2. The van der Waals surface area contributed by atoms with Gasteiger partial charge in [0.15, 0.2) is 0 Å². The molecular weight excluding hydrogens is 479 g/mol. The molecule has 0 aliphatic heterocycles. The third-order valence-electron chi connectivity index (χ3n) is 4.09. The summed E-state index contributed by atoms with van der Waals surface area (Å²) in [5.41, 5.74) is 1.45. The van der Waals surface area contributed by atoms with E-state index in [1.807, 2.05) is 12.1 Å². The van der Waals surface area contributed by atoms with Crippen molar-refractivity contribution in [1.29, 1.82) is 0 Å². The molecule has 0 aliphatic rings. The quantitative estimate of drug-likeness (QED) is 0.361. The molecular formula is C22H17Cl3N2O3S. The Balaban J connectivity index is 1.55. The Labute approximate surface area is 199 Å². The highest BCUT2D eigenvalue weighted by Crippen LogP contribution is 2.28. The van der Waals surface area contributed by atoms with Crippen LogP contribution in [0.5, 0.6) is 5.75 Å². The maximum atomic E-state index is 12.4. The van der Waals surface area contributed by atoms with Gasteiger partial charge in [-0.15, -0.1) is 11.8 Å². The first-order chi connectivity index (χ1) is 14.9. The van der Waals surface area contributed by atoms with Crippen LogP contribution in [0.15, 0.2) is 65.6 Å². The summed E-state index contributed by atoms with van der Waals surface area (Å²) in [7, 11) is 1.52. The highest BCUT2D eigenvalue weighted by Gasteiger charge is 2.12. The minimum Gasteiger partial charge on any atom is -0.495 e. The topological polar surface area (TPSA) is 67.4 Å². The van der Waals surface area contributed by atoms with Crippen LogP contribution in [0.1, 0.15) is 10.4 Å². The van der Waals surface area contributed by atoms with Gasteiger partial charge in [0.05, 0.1) is 29.1 Å². The number of rotatable bonds is 7. The van der Waals surface area contributed by atoms with E-state index in [2.05, 4.69) is 10.6 Å². The van der Waals surface area contributed by atoms with Crippen molar-refractivity contribution >= 4 is 69.8 Å². The zero-order valence-corrected chi connectivity index (χ0v) is 19.3. The van der Waals surface area contributed by atoms with Crippen LogP contribution in [0, 0.1) is 0 Å². The molecule has 0 atom stereocenters. The second-order valence-electron chi connectivity index (χ2n) is 6.28. The third-order valence-corrected chi connectivity index (χ3v) is 5.89. The van der Waals surface area contributed by atoms with Crippen LogP contribution in [-0.2, 0) is 4.79 Å². The highest BCUT2D eigenvalue weighted by atomic mass is 35.5. The molecule has 3 aromatic rings. The molecule has 0 spiro atoms. The molecule has 0 saturated carbocycles. The molecule has 2 amide bonds. The minimum absolute atomic E-state index is 0.194. The Kier molecular flexibility index (Phi) is 8.09. The molecule has 0 bridgehead atoms. The summed E-state index contributed by atoms with van der Waals surface area (Å²) in [6.07, 6.45) is 0. The fraction of sp³-hybridized carbons (Fsp3) is 0.0909. The maximum absolute atomic E-state index is 12.4. The van der Waals surface area contributed by atoms with Gasteiger partial charge < -0.3 is 15.4 Å². The highest BCUT2D eigenvalue weighted by molar-refractivity contribution is 8.00. The normalized spacial score (nSPS) is 10.5. The van der Waals surface area contributed by atoms with Crippen LogP contribution in [-0.4, -0.2) is 24.7 Å². The lowest BCUT2D eigenvalue weighted by Gasteiger charge is -2.11. The monoisotopic (exact) mass is 494 g/mol. The molecule has 3 aromatic carbocycles. The van der Waals surface area contributed by atoms with Crippen molar-refractivity contribution in [1.82, 2.24) is 0 Å². The number of nitrogens with one attached hydrogen (secondary N) is 2. The SMILES string of the molecule is COc1ccc(Cl)cc1NC(=O)CSc1ccc(NC(=O)c2ccc(Cl)cc2Cl)cc1. The first kappa shape index (κ1) is 23.3. The zero-order valence-electron chi connectivity index (χ0n) is 16.2. The van der Waals surface area contributed by atoms with Crippen molar-refractivity contribution in [2.24, 2.45) is 0 Å². The standard InChI is InChI=1S/C22H17Cl3N2O3S/c1-30-20-9-3-14(24)11-19(20)27-21(28)12-31-16-6-4-15(5-7-16)26-22(29)17-8-2-13(23)10-18(17)25/h2-11H,12H2,1H3,(H,26,29)(H,27,28). The molecule has 3 rings (SSSR count). The lowest BCUT2D eigenvalue weighted by atomic mass is 10.2. The van der Waals surface area contributed by atoms with Gasteiger partial charge in [-0.3, -0.25) is 9.59 Å². The minimum atomic E-state index is -0.336. The zero-order chi connectivity index (χ0) is 22.4. The number of carbonyl (C=O) groups excluding carboxylic acids is 2. The summed E-state index contributed by atoms with van der Waals surface area (Å²) >= 11 is 19.3. The van der Waals surface area contributed by atoms with Gasteiger partial charge in [0.25, 0.3) is 5.91 Å². The van der Waals surface area contributed by atoms with Gasteiger partial charge in [-0.05, 0) is 60.7 Å². The van der Waals surface area contributed by atoms with E-state index in [0.29, 0.717) is 32.7 Å². The van der Waals surface area contributed by atoms with E-state index in [1.165, 1.54) is 24.9 Å². The molecule has 2 N–H and O–H groups in total. The number of halogens is 3. The van der Waals surface area contributed by atoms with Crippen LogP contribution < -0.4 is 15.4 Å². The Morgan fingerprint density at radius 2 is 1.58 bits per heavy atom. The average Bonchev–Trinajstić information content (AvgIpc) is 2.73.